The summed E-state index contributed by atoms with van der Waals surface area (Å²) in [5.41, 5.74) is 0. The van der Waals surface area contributed by atoms with Crippen LogP contribution in [-0.2, 0) is 16.9 Å². The largest absolute Gasteiger partial charge is 0.359 e. The van der Waals surface area contributed by atoms with E-state index in [0.29, 0.717) is 11.6 Å². The van der Waals surface area contributed by atoms with E-state index in [1.807, 2.05) is 4.68 Å². The third kappa shape index (κ3) is 3.73. The predicted molar refractivity (Wildman–Crippen MR) is 94.5 cm³/mol. The summed E-state index contributed by atoms with van der Waals surface area (Å²) in [6, 6.07) is 0.471. The molecule has 1 unspecified atom stereocenters. The van der Waals surface area contributed by atoms with E-state index in [9.17, 15) is 5.11 Å². The molecule has 2 aliphatic carbocycles. The molecule has 10 heteroatoms. The molecule has 2 aliphatic rings. The fraction of sp³-hybridized carbons (Fsp3) is 0.882. The van der Waals surface area contributed by atoms with Gasteiger partial charge in [-0.1, -0.05) is 38.5 Å². The maximum atomic E-state index is 11.3. The van der Waals surface area contributed by atoms with Gasteiger partial charge in [-0.2, -0.15) is 0 Å². The Morgan fingerprint density at radius 2 is 1.44 bits per heavy atom. The molecule has 2 aromatic heterocycles. The van der Waals surface area contributed by atoms with Gasteiger partial charge in [0.1, 0.15) is 0 Å². The Morgan fingerprint density at radius 3 is 2.07 bits per heavy atom. The van der Waals surface area contributed by atoms with Gasteiger partial charge >= 0.3 is 0 Å². The molecule has 2 heterocycles. The van der Waals surface area contributed by atoms with Crippen LogP contribution in [0.25, 0.3) is 0 Å². The minimum atomic E-state index is -1.66. The van der Waals surface area contributed by atoms with Gasteiger partial charge in [-0.15, -0.1) is 10.2 Å². The maximum absolute atomic E-state index is 11.3. The van der Waals surface area contributed by atoms with Crippen LogP contribution in [0.4, 0.5) is 0 Å². The van der Waals surface area contributed by atoms with Crippen LogP contribution in [-0.4, -0.2) is 52.6 Å². The van der Waals surface area contributed by atoms with Crippen molar-refractivity contribution in [3.63, 3.8) is 0 Å². The van der Waals surface area contributed by atoms with Crippen molar-refractivity contribution in [2.75, 3.05) is 7.11 Å². The molecule has 0 saturated heterocycles. The molecule has 0 radical (unpaired) electrons. The number of tetrazole rings is 2. The Morgan fingerprint density at radius 1 is 0.889 bits per heavy atom. The lowest BCUT2D eigenvalue weighted by Gasteiger charge is -2.29. The Balaban J connectivity index is 1.59. The number of rotatable bonds is 6. The molecule has 10 nitrogen and oxygen atoms in total. The second kappa shape index (κ2) is 7.97. The van der Waals surface area contributed by atoms with Gasteiger partial charge in [0, 0.05) is 7.11 Å². The van der Waals surface area contributed by atoms with Crippen LogP contribution in [0, 0.1) is 0 Å². The molecule has 2 fully saturated rings. The van der Waals surface area contributed by atoms with Gasteiger partial charge in [0.25, 0.3) is 0 Å². The first-order valence-electron chi connectivity index (χ1n) is 10.0. The molecule has 2 saturated carbocycles. The van der Waals surface area contributed by atoms with Gasteiger partial charge in [0.15, 0.2) is 5.82 Å². The summed E-state index contributed by atoms with van der Waals surface area (Å²) >= 11 is 0. The Hall–Kier alpha value is -1.94. The van der Waals surface area contributed by atoms with Crippen molar-refractivity contribution in [2.24, 2.45) is 0 Å². The second-order valence-corrected chi connectivity index (χ2v) is 7.74. The summed E-state index contributed by atoms with van der Waals surface area (Å²) in [4.78, 5) is 0. The van der Waals surface area contributed by atoms with Crippen LogP contribution in [0.15, 0.2) is 0 Å². The van der Waals surface area contributed by atoms with Crippen LogP contribution >= 0.6 is 0 Å². The smallest absolute Gasteiger partial charge is 0.236 e. The highest BCUT2D eigenvalue weighted by molar-refractivity contribution is 5.02. The second-order valence-electron chi connectivity index (χ2n) is 7.74. The van der Waals surface area contributed by atoms with Crippen molar-refractivity contribution in [1.29, 1.82) is 0 Å². The molecule has 0 aliphatic heterocycles. The van der Waals surface area contributed by atoms with E-state index in [0.717, 1.165) is 38.5 Å². The first kappa shape index (κ1) is 18.4. The van der Waals surface area contributed by atoms with Gasteiger partial charge in [-0.25, -0.2) is 9.36 Å². The third-order valence-corrected chi connectivity index (χ3v) is 5.98. The lowest BCUT2D eigenvalue weighted by atomic mass is 9.95. The van der Waals surface area contributed by atoms with Gasteiger partial charge in [0.05, 0.1) is 18.5 Å². The first-order valence-corrected chi connectivity index (χ1v) is 10.0. The summed E-state index contributed by atoms with van der Waals surface area (Å²) in [5.74, 6) is -0.734. The van der Waals surface area contributed by atoms with Crippen molar-refractivity contribution < 1.29 is 9.84 Å². The lowest BCUT2D eigenvalue weighted by molar-refractivity contribution is -0.203. The van der Waals surface area contributed by atoms with Crippen molar-refractivity contribution >= 4 is 0 Å². The Bertz CT molecular complexity index is 735. The molecule has 27 heavy (non-hydrogen) atoms. The van der Waals surface area contributed by atoms with Gasteiger partial charge < -0.3 is 9.84 Å². The highest BCUT2D eigenvalue weighted by Gasteiger charge is 2.40. The summed E-state index contributed by atoms with van der Waals surface area (Å²) in [5, 5.41) is 35.6. The fourth-order valence-electron chi connectivity index (χ4n) is 4.42. The maximum Gasteiger partial charge on any atom is 0.236 e. The summed E-state index contributed by atoms with van der Waals surface area (Å²) in [7, 11) is 1.47. The van der Waals surface area contributed by atoms with Crippen LogP contribution in [0.3, 0.4) is 0 Å². The molecule has 148 valence electrons. The molecular weight excluding hydrogens is 348 g/mol. The fourth-order valence-corrected chi connectivity index (χ4v) is 4.42. The van der Waals surface area contributed by atoms with E-state index in [2.05, 4.69) is 31.1 Å². The van der Waals surface area contributed by atoms with Gasteiger partial charge in [0.2, 0.25) is 11.6 Å². The molecule has 1 atom stereocenters. The van der Waals surface area contributed by atoms with Crippen LogP contribution in [0.2, 0.25) is 0 Å². The molecule has 1 N–H and O–H groups in total. The van der Waals surface area contributed by atoms with Crippen molar-refractivity contribution in [3.05, 3.63) is 11.6 Å². The SMILES string of the molecule is COC(O)(Cc1nnnn1C1CCCCC1)c1nnnn1C1CCCCC1. The summed E-state index contributed by atoms with van der Waals surface area (Å²) in [6.45, 7) is 0. The predicted octanol–water partition coefficient (Wildman–Crippen LogP) is 1.70. The number of methoxy groups -OCH3 is 1. The van der Waals surface area contributed by atoms with E-state index in [1.54, 1.807) is 4.68 Å². The third-order valence-electron chi connectivity index (χ3n) is 5.98. The first-order chi connectivity index (χ1) is 13.2. The average Bonchev–Trinajstić information content (AvgIpc) is 3.39. The highest BCUT2D eigenvalue weighted by atomic mass is 16.6. The zero-order chi connectivity index (χ0) is 18.7. The van der Waals surface area contributed by atoms with Crippen LogP contribution in [0.1, 0.15) is 87.9 Å². The minimum absolute atomic E-state index is 0.111. The van der Waals surface area contributed by atoms with E-state index in [4.69, 9.17) is 4.74 Å². The van der Waals surface area contributed by atoms with Crippen molar-refractivity contribution in [1.82, 2.24) is 40.4 Å². The standard InChI is InChI=1S/C17H28N8O2/c1-27-17(26,16-19-21-23-25(16)14-10-6-3-7-11-14)12-15-18-20-22-24(15)13-8-4-2-5-9-13/h13-14,26H,2-12H2,1H3. The van der Waals surface area contributed by atoms with E-state index < -0.39 is 5.79 Å². The topological polar surface area (TPSA) is 117 Å². The van der Waals surface area contributed by atoms with Crippen LogP contribution < -0.4 is 0 Å². The quantitative estimate of drug-likeness (QED) is 0.757. The highest BCUT2D eigenvalue weighted by Crippen LogP contribution is 2.33. The van der Waals surface area contributed by atoms with E-state index in [1.165, 1.54) is 32.8 Å². The Labute approximate surface area is 158 Å². The number of nitrogens with zero attached hydrogens (tertiary/aromatic N) is 8. The van der Waals surface area contributed by atoms with Gasteiger partial charge in [-0.3, -0.25) is 0 Å². The van der Waals surface area contributed by atoms with Crippen molar-refractivity contribution in [2.45, 2.75) is 88.5 Å². The normalized spacial score (nSPS) is 22.0. The Kier molecular flexibility index (Phi) is 5.44. The number of aliphatic hydroxyl groups is 1. The van der Waals surface area contributed by atoms with E-state index in [-0.39, 0.29) is 18.5 Å². The summed E-state index contributed by atoms with van der Waals surface area (Å²) < 4.78 is 9.09. The zero-order valence-corrected chi connectivity index (χ0v) is 15.9. The molecule has 0 amide bonds. The lowest BCUT2D eigenvalue weighted by Crippen LogP contribution is -2.37. The van der Waals surface area contributed by atoms with Crippen molar-refractivity contribution in [3.8, 4) is 0 Å². The number of hydrogen-bond donors (Lipinski definition) is 1. The molecule has 0 spiro atoms. The minimum Gasteiger partial charge on any atom is -0.359 e. The molecule has 4 rings (SSSR count). The van der Waals surface area contributed by atoms with E-state index >= 15 is 0 Å². The molecule has 0 bridgehead atoms. The van der Waals surface area contributed by atoms with Crippen LogP contribution in [0.5, 0.6) is 0 Å². The van der Waals surface area contributed by atoms with Gasteiger partial charge in [-0.05, 0) is 46.5 Å². The number of aromatic nitrogens is 8. The summed E-state index contributed by atoms with van der Waals surface area (Å²) in [6.07, 6.45) is 11.4. The number of hydrogen-bond acceptors (Lipinski definition) is 8. The zero-order valence-electron chi connectivity index (χ0n) is 15.9. The number of ether oxygens (including phenoxy) is 1. The average molecular weight is 376 g/mol. The molecule has 2 aromatic rings. The monoisotopic (exact) mass is 376 g/mol. The molecular formula is C17H28N8O2. The molecule has 0 aromatic carbocycles.